The number of carboxylic acids is 1. The number of carbonyl (C=O) groups is 1. The van der Waals surface area contributed by atoms with Gasteiger partial charge in [0.25, 0.3) is 0 Å². The monoisotopic (exact) mass is 455 g/mol. The lowest BCUT2D eigenvalue weighted by Gasteiger charge is -2.33. The SMILES string of the molecule is Cc1ccc(C2=CCC(C)(C)c3cc(C(/C=C/c4ccc(C(=O)O)cc4F)=NO)ccc32)cc1. The number of oxime groups is 1. The largest absolute Gasteiger partial charge is 0.478 e. The summed E-state index contributed by atoms with van der Waals surface area (Å²) in [5.74, 6) is -1.85. The number of allylic oxidation sites excluding steroid dienone is 2. The zero-order valence-electron chi connectivity index (χ0n) is 19.3. The third-order valence-electron chi connectivity index (χ3n) is 6.29. The summed E-state index contributed by atoms with van der Waals surface area (Å²) < 4.78 is 14.3. The lowest BCUT2D eigenvalue weighted by atomic mass is 9.71. The van der Waals surface area contributed by atoms with Gasteiger partial charge in [0, 0.05) is 11.1 Å². The van der Waals surface area contributed by atoms with Gasteiger partial charge >= 0.3 is 5.97 Å². The van der Waals surface area contributed by atoms with Crippen LogP contribution >= 0.6 is 0 Å². The molecule has 172 valence electrons. The molecule has 0 atom stereocenters. The third kappa shape index (κ3) is 4.55. The second-order valence-corrected chi connectivity index (χ2v) is 9.19. The van der Waals surface area contributed by atoms with Crippen LogP contribution in [0, 0.1) is 12.7 Å². The summed E-state index contributed by atoms with van der Waals surface area (Å²) in [6, 6.07) is 18.1. The van der Waals surface area contributed by atoms with Crippen LogP contribution < -0.4 is 0 Å². The fourth-order valence-corrected chi connectivity index (χ4v) is 4.23. The first-order chi connectivity index (χ1) is 16.2. The predicted molar refractivity (Wildman–Crippen MR) is 133 cm³/mol. The molecule has 0 unspecified atom stereocenters. The maximum atomic E-state index is 14.3. The van der Waals surface area contributed by atoms with Crippen molar-refractivity contribution in [3.8, 4) is 0 Å². The molecule has 0 aliphatic heterocycles. The Hall–Kier alpha value is -3.99. The first-order valence-electron chi connectivity index (χ1n) is 11.0. The van der Waals surface area contributed by atoms with Crippen LogP contribution in [-0.2, 0) is 5.41 Å². The van der Waals surface area contributed by atoms with Crippen molar-refractivity contribution >= 4 is 23.3 Å². The molecule has 0 bridgehead atoms. The summed E-state index contributed by atoms with van der Waals surface area (Å²) in [6.45, 7) is 6.43. The molecule has 3 aromatic rings. The number of hydrogen-bond donors (Lipinski definition) is 2. The minimum Gasteiger partial charge on any atom is -0.478 e. The fourth-order valence-electron chi connectivity index (χ4n) is 4.23. The van der Waals surface area contributed by atoms with Crippen molar-refractivity contribution in [3.63, 3.8) is 0 Å². The highest BCUT2D eigenvalue weighted by molar-refractivity contribution is 6.11. The Balaban J connectivity index is 1.69. The summed E-state index contributed by atoms with van der Waals surface area (Å²) in [4.78, 5) is 11.0. The van der Waals surface area contributed by atoms with Crippen LogP contribution in [0.4, 0.5) is 4.39 Å². The van der Waals surface area contributed by atoms with E-state index < -0.39 is 11.8 Å². The van der Waals surface area contributed by atoms with Gasteiger partial charge in [0.1, 0.15) is 11.5 Å². The van der Waals surface area contributed by atoms with E-state index in [9.17, 15) is 14.4 Å². The van der Waals surface area contributed by atoms with Crippen molar-refractivity contribution in [1.82, 2.24) is 0 Å². The Morgan fingerprint density at radius 2 is 1.74 bits per heavy atom. The van der Waals surface area contributed by atoms with E-state index in [2.05, 4.69) is 56.3 Å². The summed E-state index contributed by atoms with van der Waals surface area (Å²) in [7, 11) is 0. The van der Waals surface area contributed by atoms with Crippen molar-refractivity contribution < 1.29 is 19.5 Å². The number of hydrogen-bond acceptors (Lipinski definition) is 3. The zero-order valence-corrected chi connectivity index (χ0v) is 19.3. The third-order valence-corrected chi connectivity index (χ3v) is 6.29. The number of aromatic carboxylic acids is 1. The molecule has 1 aliphatic rings. The quantitative estimate of drug-likeness (QED) is 0.251. The molecular formula is C29H26FNO3. The first kappa shape index (κ1) is 23.2. The molecule has 3 aromatic carbocycles. The van der Waals surface area contributed by atoms with Gasteiger partial charge in [-0.25, -0.2) is 9.18 Å². The second-order valence-electron chi connectivity index (χ2n) is 9.19. The van der Waals surface area contributed by atoms with E-state index >= 15 is 0 Å². The molecule has 0 heterocycles. The molecule has 0 amide bonds. The van der Waals surface area contributed by atoms with Crippen LogP contribution in [0.3, 0.4) is 0 Å². The molecule has 0 spiro atoms. The minimum atomic E-state index is -1.19. The lowest BCUT2D eigenvalue weighted by molar-refractivity contribution is 0.0696. The number of halogens is 1. The Labute approximate surface area is 198 Å². The number of fused-ring (bicyclic) bond motifs is 1. The van der Waals surface area contributed by atoms with E-state index in [-0.39, 0.29) is 22.3 Å². The second kappa shape index (κ2) is 9.10. The molecule has 1 aliphatic carbocycles. The average Bonchev–Trinajstić information content (AvgIpc) is 2.81. The van der Waals surface area contributed by atoms with Gasteiger partial charge < -0.3 is 10.3 Å². The summed E-state index contributed by atoms with van der Waals surface area (Å²) in [6.07, 6.45) is 6.14. The van der Waals surface area contributed by atoms with Gasteiger partial charge in [-0.3, -0.25) is 0 Å². The summed E-state index contributed by atoms with van der Waals surface area (Å²) in [5.41, 5.74) is 6.79. The van der Waals surface area contributed by atoms with Crippen LogP contribution in [0.2, 0.25) is 0 Å². The van der Waals surface area contributed by atoms with Gasteiger partial charge in [-0.2, -0.15) is 0 Å². The molecule has 0 saturated carbocycles. The van der Waals surface area contributed by atoms with Gasteiger partial charge in [0.2, 0.25) is 0 Å². The topological polar surface area (TPSA) is 69.9 Å². The Bertz CT molecular complexity index is 1350. The van der Waals surface area contributed by atoms with Gasteiger partial charge in [0.15, 0.2) is 0 Å². The minimum absolute atomic E-state index is 0.109. The zero-order chi connectivity index (χ0) is 24.5. The van der Waals surface area contributed by atoms with E-state index in [1.807, 2.05) is 18.2 Å². The van der Waals surface area contributed by atoms with Crippen molar-refractivity contribution in [3.05, 3.63) is 118 Å². The van der Waals surface area contributed by atoms with Gasteiger partial charge in [-0.15, -0.1) is 0 Å². The van der Waals surface area contributed by atoms with Crippen LogP contribution in [0.5, 0.6) is 0 Å². The van der Waals surface area contributed by atoms with Gasteiger partial charge in [-0.1, -0.05) is 73.1 Å². The standard InChI is InChI=1S/C29H26FNO3/c1-18-4-6-19(7-5-18)23-14-15-29(2,3)25-16-21(10-12-24(23)25)27(31-34)13-11-20-8-9-22(28(32)33)17-26(20)30/h4-14,16-17,34H,15H2,1-3H3,(H,32,33)/b13-11+,31-27?. The number of benzene rings is 3. The van der Waals surface area contributed by atoms with E-state index in [4.69, 9.17) is 5.11 Å². The normalized spacial score (nSPS) is 15.2. The first-order valence-corrected chi connectivity index (χ1v) is 11.0. The molecule has 2 N–H and O–H groups in total. The van der Waals surface area contributed by atoms with Crippen molar-refractivity contribution in [2.45, 2.75) is 32.6 Å². The molecule has 0 radical (unpaired) electrons. The van der Waals surface area contributed by atoms with Crippen LogP contribution in [-0.4, -0.2) is 22.0 Å². The molecular weight excluding hydrogens is 429 g/mol. The number of aryl methyl sites for hydroxylation is 1. The van der Waals surface area contributed by atoms with Crippen molar-refractivity contribution in [2.75, 3.05) is 0 Å². The smallest absolute Gasteiger partial charge is 0.335 e. The maximum Gasteiger partial charge on any atom is 0.335 e. The summed E-state index contributed by atoms with van der Waals surface area (Å²) in [5, 5.41) is 22.1. The van der Waals surface area contributed by atoms with E-state index in [0.717, 1.165) is 29.2 Å². The Kier molecular flexibility index (Phi) is 6.20. The highest BCUT2D eigenvalue weighted by Gasteiger charge is 2.29. The van der Waals surface area contributed by atoms with Crippen molar-refractivity contribution in [1.29, 1.82) is 0 Å². The average molecular weight is 456 g/mol. The van der Waals surface area contributed by atoms with Crippen molar-refractivity contribution in [2.24, 2.45) is 5.16 Å². The molecule has 4 nitrogen and oxygen atoms in total. The number of carboxylic acid groups (broad SMARTS) is 1. The van der Waals surface area contributed by atoms with Gasteiger partial charge in [-0.05, 0) is 71.4 Å². The highest BCUT2D eigenvalue weighted by atomic mass is 19.1. The molecule has 4 rings (SSSR count). The number of rotatable bonds is 5. The molecule has 34 heavy (non-hydrogen) atoms. The number of nitrogens with zero attached hydrogens (tertiary/aromatic N) is 1. The fraction of sp³-hybridized carbons (Fsp3) is 0.172. The van der Waals surface area contributed by atoms with Crippen LogP contribution in [0.25, 0.3) is 11.6 Å². The maximum absolute atomic E-state index is 14.3. The molecule has 0 aromatic heterocycles. The van der Waals surface area contributed by atoms with Gasteiger partial charge in [0.05, 0.1) is 5.56 Å². The van der Waals surface area contributed by atoms with E-state index in [1.165, 1.54) is 35.4 Å². The lowest BCUT2D eigenvalue weighted by Crippen LogP contribution is -2.22. The van der Waals surface area contributed by atoms with Crippen LogP contribution in [0.1, 0.15) is 64.0 Å². The highest BCUT2D eigenvalue weighted by Crippen LogP contribution is 2.41. The summed E-state index contributed by atoms with van der Waals surface area (Å²) >= 11 is 0. The van der Waals surface area contributed by atoms with E-state index in [0.29, 0.717) is 5.56 Å². The Morgan fingerprint density at radius 3 is 2.38 bits per heavy atom. The van der Waals surface area contributed by atoms with Crippen LogP contribution in [0.15, 0.2) is 78.0 Å². The molecule has 5 heteroatoms. The predicted octanol–water partition coefficient (Wildman–Crippen LogP) is 6.84. The molecule has 0 fully saturated rings. The molecule has 0 saturated heterocycles. The van der Waals surface area contributed by atoms with E-state index in [1.54, 1.807) is 0 Å². The Morgan fingerprint density at radius 1 is 1.03 bits per heavy atom.